The molecule has 42 heavy (non-hydrogen) atoms. The summed E-state index contributed by atoms with van der Waals surface area (Å²) >= 11 is 0. The lowest BCUT2D eigenvalue weighted by molar-refractivity contribution is -0.139. The second-order valence-corrected chi connectivity index (χ2v) is 13.7. The third-order valence-electron chi connectivity index (χ3n) is 9.89. The lowest BCUT2D eigenvalue weighted by atomic mass is 10.0. The van der Waals surface area contributed by atoms with Crippen LogP contribution >= 0.6 is 0 Å². The van der Waals surface area contributed by atoms with Gasteiger partial charge in [-0.2, -0.15) is 0 Å². The molecule has 2 fully saturated rings. The molecule has 0 radical (unpaired) electrons. The molecule has 0 spiro atoms. The van der Waals surface area contributed by atoms with Gasteiger partial charge in [-0.15, -0.1) is 0 Å². The number of rotatable bonds is 25. The van der Waals surface area contributed by atoms with E-state index in [0.29, 0.717) is 6.10 Å². The number of unbranched alkanes of at least 4 members (excludes halogenated alkanes) is 17. The lowest BCUT2D eigenvalue weighted by Gasteiger charge is -2.23. The third-order valence-corrected chi connectivity index (χ3v) is 9.89. The molecule has 0 aromatic carbocycles. The summed E-state index contributed by atoms with van der Waals surface area (Å²) in [6, 6.07) is 0. The molecule has 6 atom stereocenters. The van der Waals surface area contributed by atoms with Crippen LogP contribution in [0, 0.1) is 0 Å². The van der Waals surface area contributed by atoms with E-state index in [1.165, 1.54) is 122 Å². The molecule has 0 aromatic rings. The molecule has 5 nitrogen and oxygen atoms in total. The molecule has 2 saturated heterocycles. The standard InChI is InChI=1S/C37H66O5/c1-3-4-5-6-7-15-18-21-24-33(38)34-27-28-36(42-34)35-26-25-32(41-35)23-20-17-14-12-10-8-9-11-13-16-19-22-31-29-30(2)40-37(31)39/h29-30,32-36,38H,3-28H2,1-2H3/t30-,32-,33+,34+,35+,36+/m0/s1. The van der Waals surface area contributed by atoms with Crippen LogP contribution in [0.3, 0.4) is 0 Å². The number of hydrogen-bond donors (Lipinski definition) is 1. The minimum Gasteiger partial charge on any atom is -0.455 e. The summed E-state index contributed by atoms with van der Waals surface area (Å²) < 4.78 is 17.9. The maximum Gasteiger partial charge on any atom is 0.334 e. The van der Waals surface area contributed by atoms with Crippen LogP contribution in [-0.4, -0.2) is 47.7 Å². The van der Waals surface area contributed by atoms with Crippen molar-refractivity contribution in [3.63, 3.8) is 0 Å². The molecule has 0 bridgehead atoms. The van der Waals surface area contributed by atoms with Crippen molar-refractivity contribution in [3.05, 3.63) is 11.6 Å². The van der Waals surface area contributed by atoms with Crippen molar-refractivity contribution in [2.24, 2.45) is 0 Å². The molecule has 3 heterocycles. The van der Waals surface area contributed by atoms with Gasteiger partial charge >= 0.3 is 5.97 Å². The summed E-state index contributed by atoms with van der Waals surface area (Å²) in [4.78, 5) is 11.6. The Morgan fingerprint density at radius 2 is 1.26 bits per heavy atom. The summed E-state index contributed by atoms with van der Waals surface area (Å²) in [5.74, 6) is -0.102. The Morgan fingerprint density at radius 1 is 0.714 bits per heavy atom. The predicted octanol–water partition coefficient (Wildman–Crippen LogP) is 9.92. The zero-order chi connectivity index (χ0) is 29.8. The molecule has 1 N–H and O–H groups in total. The van der Waals surface area contributed by atoms with Crippen molar-refractivity contribution in [2.75, 3.05) is 0 Å². The van der Waals surface area contributed by atoms with Gasteiger partial charge in [-0.3, -0.25) is 0 Å². The van der Waals surface area contributed by atoms with Crippen molar-refractivity contribution >= 4 is 5.97 Å². The van der Waals surface area contributed by atoms with Gasteiger partial charge in [0.1, 0.15) is 6.10 Å². The zero-order valence-corrected chi connectivity index (χ0v) is 27.5. The molecular formula is C37H66O5. The summed E-state index contributed by atoms with van der Waals surface area (Å²) in [5.41, 5.74) is 0.887. The third kappa shape index (κ3) is 14.2. The quantitative estimate of drug-likeness (QED) is 0.0846. The van der Waals surface area contributed by atoms with Crippen LogP contribution in [0.1, 0.15) is 181 Å². The van der Waals surface area contributed by atoms with E-state index < -0.39 is 0 Å². The first kappa shape index (κ1) is 35.6. The molecule has 3 aliphatic rings. The Balaban J connectivity index is 1.08. The minimum atomic E-state index is -0.301. The van der Waals surface area contributed by atoms with Gasteiger partial charge in [0.15, 0.2) is 0 Å². The maximum absolute atomic E-state index is 11.6. The van der Waals surface area contributed by atoms with Crippen LogP contribution in [0.15, 0.2) is 11.6 Å². The van der Waals surface area contributed by atoms with E-state index in [4.69, 9.17) is 14.2 Å². The lowest BCUT2D eigenvalue weighted by Crippen LogP contribution is -2.31. The van der Waals surface area contributed by atoms with Crippen molar-refractivity contribution in [2.45, 2.75) is 217 Å². The Bertz CT molecular complexity index is 736. The smallest absolute Gasteiger partial charge is 0.334 e. The van der Waals surface area contributed by atoms with Gasteiger partial charge in [0.25, 0.3) is 0 Å². The topological polar surface area (TPSA) is 65.0 Å². The number of hydrogen-bond acceptors (Lipinski definition) is 5. The highest BCUT2D eigenvalue weighted by Gasteiger charge is 2.39. The van der Waals surface area contributed by atoms with E-state index in [1.807, 2.05) is 13.0 Å². The predicted molar refractivity (Wildman–Crippen MR) is 173 cm³/mol. The van der Waals surface area contributed by atoms with E-state index in [-0.39, 0.29) is 36.5 Å². The molecule has 0 aromatic heterocycles. The number of aliphatic hydroxyl groups excluding tert-OH is 1. The Labute approximate surface area is 258 Å². The number of aliphatic hydroxyl groups is 1. The summed E-state index contributed by atoms with van der Waals surface area (Å²) in [6.45, 7) is 4.20. The highest BCUT2D eigenvalue weighted by atomic mass is 16.6. The van der Waals surface area contributed by atoms with Crippen LogP contribution in [0.5, 0.6) is 0 Å². The number of esters is 1. The molecule has 3 rings (SSSR count). The first-order chi connectivity index (χ1) is 20.6. The molecule has 0 unspecified atom stereocenters. The molecule has 244 valence electrons. The van der Waals surface area contributed by atoms with Crippen LogP contribution in [-0.2, 0) is 19.0 Å². The van der Waals surface area contributed by atoms with Crippen molar-refractivity contribution in [1.29, 1.82) is 0 Å². The maximum atomic E-state index is 11.6. The highest BCUT2D eigenvalue weighted by molar-refractivity contribution is 5.90. The summed E-state index contributed by atoms with van der Waals surface area (Å²) in [7, 11) is 0. The molecule has 0 aliphatic carbocycles. The molecule has 0 amide bonds. The molecule has 3 aliphatic heterocycles. The van der Waals surface area contributed by atoms with Gasteiger partial charge in [0.05, 0.1) is 30.5 Å². The fraction of sp³-hybridized carbons (Fsp3) is 0.919. The van der Waals surface area contributed by atoms with E-state index in [0.717, 1.165) is 50.5 Å². The largest absolute Gasteiger partial charge is 0.455 e. The van der Waals surface area contributed by atoms with Gasteiger partial charge < -0.3 is 19.3 Å². The summed E-state index contributed by atoms with van der Waals surface area (Å²) in [6.07, 6.45) is 34.6. The van der Waals surface area contributed by atoms with E-state index >= 15 is 0 Å². The average Bonchev–Trinajstić information content (AvgIpc) is 3.73. The first-order valence-corrected chi connectivity index (χ1v) is 18.5. The fourth-order valence-corrected chi connectivity index (χ4v) is 7.23. The van der Waals surface area contributed by atoms with Gasteiger partial charge in [0, 0.05) is 5.57 Å². The minimum absolute atomic E-state index is 0.0214. The first-order valence-electron chi connectivity index (χ1n) is 18.5. The fourth-order valence-electron chi connectivity index (χ4n) is 7.23. The zero-order valence-electron chi connectivity index (χ0n) is 27.5. The van der Waals surface area contributed by atoms with E-state index in [2.05, 4.69) is 6.92 Å². The van der Waals surface area contributed by atoms with Gasteiger partial charge in [-0.25, -0.2) is 4.79 Å². The van der Waals surface area contributed by atoms with Gasteiger partial charge in [-0.1, -0.05) is 122 Å². The second-order valence-electron chi connectivity index (χ2n) is 13.7. The number of carbonyl (C=O) groups excluding carboxylic acids is 1. The van der Waals surface area contributed by atoms with Crippen LogP contribution in [0.4, 0.5) is 0 Å². The average molecular weight is 591 g/mol. The van der Waals surface area contributed by atoms with Gasteiger partial charge in [-0.05, 0) is 64.4 Å². The van der Waals surface area contributed by atoms with E-state index in [1.54, 1.807) is 0 Å². The molecule has 0 saturated carbocycles. The van der Waals surface area contributed by atoms with Crippen molar-refractivity contribution in [3.8, 4) is 0 Å². The van der Waals surface area contributed by atoms with Crippen LogP contribution in [0.2, 0.25) is 0 Å². The molecule has 5 heteroatoms. The molecular weight excluding hydrogens is 524 g/mol. The number of carbonyl (C=O) groups is 1. The van der Waals surface area contributed by atoms with Crippen molar-refractivity contribution in [1.82, 2.24) is 0 Å². The highest BCUT2D eigenvalue weighted by Crippen LogP contribution is 2.34. The van der Waals surface area contributed by atoms with Crippen molar-refractivity contribution < 1.29 is 24.1 Å². The van der Waals surface area contributed by atoms with Crippen LogP contribution in [0.25, 0.3) is 0 Å². The SMILES string of the molecule is CCCCCCCCCC[C@@H](O)[C@H]1CC[C@H]([C@H]2CC[C@H](CCCCCCCCCCCCCC3=C[C@H](C)OC3=O)O2)O1. The summed E-state index contributed by atoms with van der Waals surface area (Å²) in [5, 5.41) is 10.7. The Hall–Kier alpha value is -0.910. The van der Waals surface area contributed by atoms with Crippen LogP contribution < -0.4 is 0 Å². The second kappa shape index (κ2) is 21.7. The van der Waals surface area contributed by atoms with Gasteiger partial charge in [0.2, 0.25) is 0 Å². The monoisotopic (exact) mass is 590 g/mol. The normalized spacial score (nSPS) is 26.6. The Kier molecular flexibility index (Phi) is 18.4. The number of ether oxygens (including phenoxy) is 3. The number of cyclic esters (lactones) is 1. The van der Waals surface area contributed by atoms with E-state index in [9.17, 15) is 9.90 Å². The Morgan fingerprint density at radius 3 is 1.88 bits per heavy atom.